The molecule has 4 nitrogen and oxygen atoms in total. The van der Waals surface area contributed by atoms with E-state index in [2.05, 4.69) is 5.32 Å². The molecule has 0 saturated heterocycles. The minimum Gasteiger partial charge on any atom is -0.485 e. The number of nitrogens with one attached hydrogen (secondary N) is 1. The molecule has 0 heterocycles. The predicted molar refractivity (Wildman–Crippen MR) is 77.0 cm³/mol. The van der Waals surface area contributed by atoms with Gasteiger partial charge in [0.1, 0.15) is 5.75 Å². The molecule has 0 saturated carbocycles. The van der Waals surface area contributed by atoms with E-state index >= 15 is 0 Å². The summed E-state index contributed by atoms with van der Waals surface area (Å²) in [6, 6.07) is 15.9. The van der Waals surface area contributed by atoms with Crippen molar-refractivity contribution in [3.63, 3.8) is 0 Å². The Balaban J connectivity index is 1.91. The molecule has 0 atom stereocenters. The van der Waals surface area contributed by atoms with E-state index in [9.17, 15) is 9.59 Å². The van der Waals surface area contributed by atoms with Crippen LogP contribution in [0.25, 0.3) is 0 Å². The van der Waals surface area contributed by atoms with Crippen LogP contribution < -0.4 is 10.1 Å². The lowest BCUT2D eigenvalue weighted by Crippen LogP contribution is -2.11. The van der Waals surface area contributed by atoms with Crippen LogP contribution in [0, 0.1) is 0 Å². The molecular weight excluding hydrogens is 254 g/mol. The molecule has 2 aromatic carbocycles. The van der Waals surface area contributed by atoms with Gasteiger partial charge in [-0.3, -0.25) is 9.59 Å². The van der Waals surface area contributed by atoms with E-state index < -0.39 is 0 Å². The number of hydrogen-bond donors (Lipinski definition) is 1. The summed E-state index contributed by atoms with van der Waals surface area (Å²) in [5.41, 5.74) is 1.32. The van der Waals surface area contributed by atoms with Crippen molar-refractivity contribution in [1.82, 2.24) is 0 Å². The number of benzene rings is 2. The first-order valence-electron chi connectivity index (χ1n) is 6.24. The van der Waals surface area contributed by atoms with Crippen LogP contribution in [0.5, 0.6) is 5.75 Å². The molecule has 0 aromatic heterocycles. The third kappa shape index (κ3) is 3.95. The van der Waals surface area contributed by atoms with Gasteiger partial charge in [0, 0.05) is 18.2 Å². The number of anilines is 1. The van der Waals surface area contributed by atoms with Crippen molar-refractivity contribution in [2.24, 2.45) is 0 Å². The highest BCUT2D eigenvalue weighted by Gasteiger charge is 2.06. The lowest BCUT2D eigenvalue weighted by Gasteiger charge is -2.07. The van der Waals surface area contributed by atoms with E-state index in [4.69, 9.17) is 4.74 Å². The molecule has 1 N–H and O–H groups in total. The molecule has 20 heavy (non-hydrogen) atoms. The fourth-order valence-corrected chi connectivity index (χ4v) is 1.69. The highest BCUT2D eigenvalue weighted by atomic mass is 16.5. The molecule has 102 valence electrons. The highest BCUT2D eigenvalue weighted by molar-refractivity contribution is 5.97. The monoisotopic (exact) mass is 269 g/mol. The van der Waals surface area contributed by atoms with Crippen molar-refractivity contribution in [2.75, 3.05) is 11.9 Å². The van der Waals surface area contributed by atoms with Crippen LogP contribution in [0.1, 0.15) is 17.3 Å². The molecule has 0 aliphatic rings. The van der Waals surface area contributed by atoms with Gasteiger partial charge in [0.15, 0.2) is 12.4 Å². The molecular formula is C16H15NO3. The Morgan fingerprint density at radius 2 is 1.65 bits per heavy atom. The summed E-state index contributed by atoms with van der Waals surface area (Å²) in [7, 11) is 0. The van der Waals surface area contributed by atoms with Crippen LogP contribution >= 0.6 is 0 Å². The van der Waals surface area contributed by atoms with Crippen molar-refractivity contribution in [3.8, 4) is 5.75 Å². The lowest BCUT2D eigenvalue weighted by molar-refractivity contribution is -0.114. The molecule has 1 amide bonds. The van der Waals surface area contributed by atoms with Crippen LogP contribution in [0.4, 0.5) is 5.69 Å². The third-order valence-corrected chi connectivity index (χ3v) is 2.64. The predicted octanol–water partition coefficient (Wildman–Crippen LogP) is 2.91. The zero-order chi connectivity index (χ0) is 14.4. The van der Waals surface area contributed by atoms with Crippen molar-refractivity contribution in [3.05, 3.63) is 60.2 Å². The van der Waals surface area contributed by atoms with Crippen molar-refractivity contribution in [2.45, 2.75) is 6.92 Å². The summed E-state index contributed by atoms with van der Waals surface area (Å²) in [4.78, 5) is 22.7. The average molecular weight is 269 g/mol. The molecule has 2 rings (SSSR count). The van der Waals surface area contributed by atoms with Crippen molar-refractivity contribution < 1.29 is 14.3 Å². The number of rotatable bonds is 5. The van der Waals surface area contributed by atoms with Gasteiger partial charge in [-0.1, -0.05) is 30.3 Å². The Kier molecular flexibility index (Phi) is 4.50. The summed E-state index contributed by atoms with van der Waals surface area (Å²) in [5, 5.41) is 2.66. The minimum atomic E-state index is -0.127. The quantitative estimate of drug-likeness (QED) is 0.849. The molecule has 0 unspecified atom stereocenters. The molecule has 2 aromatic rings. The van der Waals surface area contributed by atoms with Crippen LogP contribution in [0.2, 0.25) is 0 Å². The Labute approximate surface area is 117 Å². The second kappa shape index (κ2) is 6.52. The maximum absolute atomic E-state index is 11.8. The Morgan fingerprint density at radius 1 is 1.00 bits per heavy atom. The Morgan fingerprint density at radius 3 is 2.25 bits per heavy atom. The number of amides is 1. The van der Waals surface area contributed by atoms with Gasteiger partial charge in [-0.25, -0.2) is 0 Å². The maximum Gasteiger partial charge on any atom is 0.221 e. The number of ether oxygens (including phenoxy) is 1. The van der Waals surface area contributed by atoms with Gasteiger partial charge >= 0.3 is 0 Å². The smallest absolute Gasteiger partial charge is 0.221 e. The molecule has 0 aliphatic carbocycles. The van der Waals surface area contributed by atoms with Crippen LogP contribution in [-0.2, 0) is 4.79 Å². The minimum absolute atomic E-state index is 0.0104. The summed E-state index contributed by atoms with van der Waals surface area (Å²) < 4.78 is 5.42. The fraction of sp³-hybridized carbons (Fsp3) is 0.125. The van der Waals surface area contributed by atoms with E-state index in [-0.39, 0.29) is 18.3 Å². The first-order valence-corrected chi connectivity index (χ1v) is 6.24. The van der Waals surface area contributed by atoms with Gasteiger partial charge in [0.25, 0.3) is 0 Å². The van der Waals surface area contributed by atoms with Gasteiger partial charge < -0.3 is 10.1 Å². The van der Waals surface area contributed by atoms with E-state index in [1.165, 1.54) is 6.92 Å². The van der Waals surface area contributed by atoms with Gasteiger partial charge in [0.05, 0.1) is 0 Å². The van der Waals surface area contributed by atoms with E-state index in [1.54, 1.807) is 36.4 Å². The molecule has 0 fully saturated rings. The van der Waals surface area contributed by atoms with E-state index in [1.807, 2.05) is 18.2 Å². The lowest BCUT2D eigenvalue weighted by atomic mass is 10.1. The normalized spacial score (nSPS) is 9.85. The number of carbonyl (C=O) groups is 2. The number of ketones is 1. The molecule has 0 bridgehead atoms. The van der Waals surface area contributed by atoms with Gasteiger partial charge in [0.2, 0.25) is 5.91 Å². The second-order valence-electron chi connectivity index (χ2n) is 4.28. The standard InChI is InChI=1S/C16H15NO3/c1-12(18)17-14-7-9-15(10-8-14)20-11-16(19)13-5-3-2-4-6-13/h2-10H,11H2,1H3,(H,17,18). The SMILES string of the molecule is CC(=O)Nc1ccc(OCC(=O)c2ccccc2)cc1. The van der Waals surface area contributed by atoms with Crippen molar-refractivity contribution >= 4 is 17.4 Å². The molecule has 4 heteroatoms. The maximum atomic E-state index is 11.8. The molecule has 0 aliphatic heterocycles. The van der Waals surface area contributed by atoms with Gasteiger partial charge in [-0.2, -0.15) is 0 Å². The van der Waals surface area contributed by atoms with E-state index in [0.717, 1.165) is 0 Å². The molecule has 0 radical (unpaired) electrons. The molecule has 0 spiro atoms. The van der Waals surface area contributed by atoms with E-state index in [0.29, 0.717) is 17.0 Å². The van der Waals surface area contributed by atoms with Crippen molar-refractivity contribution in [1.29, 1.82) is 0 Å². The Hall–Kier alpha value is -2.62. The van der Waals surface area contributed by atoms with Crippen LogP contribution in [-0.4, -0.2) is 18.3 Å². The zero-order valence-corrected chi connectivity index (χ0v) is 11.1. The van der Waals surface area contributed by atoms with Gasteiger partial charge in [-0.05, 0) is 24.3 Å². The summed E-state index contributed by atoms with van der Waals surface area (Å²) in [5.74, 6) is 0.387. The fourth-order valence-electron chi connectivity index (χ4n) is 1.69. The number of Topliss-reactive ketones (excluding diaryl/α,β-unsaturated/α-hetero) is 1. The second-order valence-corrected chi connectivity index (χ2v) is 4.28. The van der Waals surface area contributed by atoms with Crippen LogP contribution in [0.15, 0.2) is 54.6 Å². The first-order chi connectivity index (χ1) is 9.65. The Bertz CT molecular complexity index is 591. The summed E-state index contributed by atoms with van der Waals surface area (Å²) in [6.07, 6.45) is 0. The summed E-state index contributed by atoms with van der Waals surface area (Å²) >= 11 is 0. The third-order valence-electron chi connectivity index (χ3n) is 2.64. The summed E-state index contributed by atoms with van der Waals surface area (Å²) in [6.45, 7) is 1.44. The number of hydrogen-bond acceptors (Lipinski definition) is 3. The highest BCUT2D eigenvalue weighted by Crippen LogP contribution is 2.16. The topological polar surface area (TPSA) is 55.4 Å². The zero-order valence-electron chi connectivity index (χ0n) is 11.1. The van der Waals surface area contributed by atoms with Gasteiger partial charge in [-0.15, -0.1) is 0 Å². The first kappa shape index (κ1) is 13.8. The average Bonchev–Trinajstić information content (AvgIpc) is 2.46. The largest absolute Gasteiger partial charge is 0.485 e. The van der Waals surface area contributed by atoms with Crippen LogP contribution in [0.3, 0.4) is 0 Å². The number of carbonyl (C=O) groups excluding carboxylic acids is 2.